The second kappa shape index (κ2) is 15.5. The molecular formula is C32H34F6N4O6S3. The number of alkyl halides is 5. The van der Waals surface area contributed by atoms with Gasteiger partial charge in [0.1, 0.15) is 10.7 Å². The van der Waals surface area contributed by atoms with Gasteiger partial charge in [-0.1, -0.05) is 24.0 Å². The number of rotatable bonds is 10. The molecule has 1 aliphatic carbocycles. The number of thiophene rings is 1. The van der Waals surface area contributed by atoms with Crippen LogP contribution in [0, 0.1) is 17.7 Å². The predicted octanol–water partition coefficient (Wildman–Crippen LogP) is 5.49. The summed E-state index contributed by atoms with van der Waals surface area (Å²) >= 11 is 1.06. The summed E-state index contributed by atoms with van der Waals surface area (Å²) in [7, 11) is -7.74. The highest BCUT2D eigenvalue weighted by atomic mass is 32.2. The van der Waals surface area contributed by atoms with Crippen molar-refractivity contribution < 1.29 is 52.7 Å². The summed E-state index contributed by atoms with van der Waals surface area (Å²) in [4.78, 5) is 12.5. The van der Waals surface area contributed by atoms with Gasteiger partial charge in [0.25, 0.3) is 10.0 Å². The van der Waals surface area contributed by atoms with E-state index in [1.54, 1.807) is 18.2 Å². The SMILES string of the molecule is CC(=O)NS(=O)(=O)c1cc(OC(F)F)c(NCC#Cc2sc3c(NC4CCC(N5CCS(=O)(=O)CC5)CC4)cccc3c2CC(F)(F)F)cc1F. The number of fused-ring (bicyclic) bond motifs is 1. The molecule has 2 aromatic carbocycles. The zero-order valence-electron chi connectivity index (χ0n) is 27.1. The minimum Gasteiger partial charge on any atom is -0.433 e. The van der Waals surface area contributed by atoms with Gasteiger partial charge < -0.3 is 15.4 Å². The third-order valence-electron chi connectivity index (χ3n) is 8.53. The molecule has 3 aromatic rings. The van der Waals surface area contributed by atoms with Crippen LogP contribution in [0.1, 0.15) is 43.0 Å². The zero-order chi connectivity index (χ0) is 37.1. The van der Waals surface area contributed by atoms with Crippen LogP contribution in [0.25, 0.3) is 10.1 Å². The van der Waals surface area contributed by atoms with Crippen molar-refractivity contribution in [2.75, 3.05) is 41.8 Å². The van der Waals surface area contributed by atoms with Crippen molar-refractivity contribution >= 4 is 58.6 Å². The van der Waals surface area contributed by atoms with Gasteiger partial charge >= 0.3 is 12.8 Å². The molecule has 2 fully saturated rings. The maximum absolute atomic E-state index is 14.8. The van der Waals surface area contributed by atoms with Gasteiger partial charge in [-0.3, -0.25) is 9.69 Å². The number of nitrogens with one attached hydrogen (secondary N) is 3. The van der Waals surface area contributed by atoms with Crippen LogP contribution in [0.15, 0.2) is 35.2 Å². The molecule has 1 aliphatic heterocycles. The van der Waals surface area contributed by atoms with Crippen LogP contribution in [0.2, 0.25) is 0 Å². The molecule has 0 spiro atoms. The number of halogens is 6. The molecule has 10 nitrogen and oxygen atoms in total. The van der Waals surface area contributed by atoms with Crippen molar-refractivity contribution in [3.05, 3.63) is 46.6 Å². The highest BCUT2D eigenvalue weighted by Crippen LogP contribution is 2.40. The summed E-state index contributed by atoms with van der Waals surface area (Å²) in [5.41, 5.74) is 0.197. The van der Waals surface area contributed by atoms with Gasteiger partial charge in [0.2, 0.25) is 5.91 Å². The number of carbonyl (C=O) groups is 1. The van der Waals surface area contributed by atoms with Crippen molar-refractivity contribution in [3.8, 4) is 17.6 Å². The molecule has 5 rings (SSSR count). The summed E-state index contributed by atoms with van der Waals surface area (Å²) in [6.07, 6.45) is -2.53. The molecule has 19 heteroatoms. The first-order chi connectivity index (χ1) is 23.9. The lowest BCUT2D eigenvalue weighted by Crippen LogP contribution is -2.48. The lowest BCUT2D eigenvalue weighted by atomic mass is 9.90. The van der Waals surface area contributed by atoms with E-state index in [-0.39, 0.29) is 40.6 Å². The minimum atomic E-state index is -4.75. The fraction of sp³-hybridized carbons (Fsp3) is 0.469. The van der Waals surface area contributed by atoms with Gasteiger partial charge in [0.15, 0.2) is 15.6 Å². The molecule has 1 amide bonds. The van der Waals surface area contributed by atoms with E-state index in [2.05, 4.69) is 32.1 Å². The minimum absolute atomic E-state index is 0.0392. The first-order valence-electron chi connectivity index (χ1n) is 15.8. The fourth-order valence-corrected chi connectivity index (χ4v) is 9.70. The van der Waals surface area contributed by atoms with Gasteiger partial charge in [0, 0.05) is 44.2 Å². The molecule has 1 saturated heterocycles. The molecule has 0 unspecified atom stereocenters. The molecule has 0 radical (unpaired) electrons. The quantitative estimate of drug-likeness (QED) is 0.181. The molecule has 3 N–H and O–H groups in total. The van der Waals surface area contributed by atoms with E-state index in [4.69, 9.17) is 0 Å². The molecule has 51 heavy (non-hydrogen) atoms. The van der Waals surface area contributed by atoms with E-state index >= 15 is 0 Å². The van der Waals surface area contributed by atoms with E-state index < -0.39 is 67.1 Å². The van der Waals surface area contributed by atoms with Crippen LogP contribution in [0.3, 0.4) is 0 Å². The largest absolute Gasteiger partial charge is 0.433 e. The lowest BCUT2D eigenvalue weighted by Gasteiger charge is -2.39. The molecule has 2 heterocycles. The van der Waals surface area contributed by atoms with Gasteiger partial charge in [0.05, 0.1) is 45.4 Å². The Bertz CT molecular complexity index is 2040. The van der Waals surface area contributed by atoms with E-state index in [9.17, 15) is 48.0 Å². The predicted molar refractivity (Wildman–Crippen MR) is 181 cm³/mol. The van der Waals surface area contributed by atoms with E-state index in [1.807, 2.05) is 0 Å². The maximum Gasteiger partial charge on any atom is 0.393 e. The number of sulfonamides is 1. The summed E-state index contributed by atoms with van der Waals surface area (Å²) in [6, 6.07) is 6.38. The average Bonchev–Trinajstić information content (AvgIpc) is 3.36. The van der Waals surface area contributed by atoms with Crippen LogP contribution in [0.5, 0.6) is 5.75 Å². The zero-order valence-corrected chi connectivity index (χ0v) is 29.5. The van der Waals surface area contributed by atoms with Gasteiger partial charge in [-0.15, -0.1) is 11.3 Å². The third kappa shape index (κ3) is 9.99. The van der Waals surface area contributed by atoms with E-state index in [1.165, 1.54) is 4.72 Å². The van der Waals surface area contributed by atoms with E-state index in [0.29, 0.717) is 41.0 Å². The molecule has 0 atom stereocenters. The van der Waals surface area contributed by atoms with E-state index in [0.717, 1.165) is 43.9 Å². The Morgan fingerprint density at radius 1 is 1.10 bits per heavy atom. The third-order valence-corrected chi connectivity index (χ3v) is 12.8. The van der Waals surface area contributed by atoms with Gasteiger partial charge in [-0.25, -0.2) is 25.9 Å². The smallest absolute Gasteiger partial charge is 0.393 e. The average molecular weight is 781 g/mol. The number of hydrogen-bond donors (Lipinski definition) is 3. The number of hydrogen-bond acceptors (Lipinski definition) is 10. The standard InChI is InChI=1S/C32H34F6N4O6S3/c1-19(43)41-51(46,47)29-17-27(48-31(34)35)26(16-24(29)33)39-11-3-6-28-23(18-32(36,37)38)22-4-2-5-25(30(22)49-28)40-20-7-9-21(10-8-20)42-12-14-50(44,45)15-13-42/h2,4-5,16-17,20-21,31,39-40H,7-15,18H2,1H3,(H,41,43). The number of ether oxygens (including phenoxy) is 1. The summed E-state index contributed by atoms with van der Waals surface area (Å²) in [5, 5.41) is 6.38. The Labute approximate surface area is 294 Å². The maximum atomic E-state index is 14.8. The first kappa shape index (κ1) is 38.5. The molecule has 1 aromatic heterocycles. The first-order valence-corrected chi connectivity index (χ1v) is 19.9. The Balaban J connectivity index is 1.34. The second-order valence-electron chi connectivity index (χ2n) is 12.2. The van der Waals surface area contributed by atoms with Crippen LogP contribution in [-0.4, -0.2) is 83.7 Å². The fourth-order valence-electron chi connectivity index (χ4n) is 6.24. The van der Waals surface area contributed by atoms with Crippen LogP contribution in [0.4, 0.5) is 37.7 Å². The van der Waals surface area contributed by atoms with Crippen molar-refractivity contribution in [2.24, 2.45) is 0 Å². The van der Waals surface area contributed by atoms with Crippen LogP contribution < -0.4 is 20.1 Å². The number of anilines is 2. The normalized spacial score (nSPS) is 19.7. The Morgan fingerprint density at radius 2 is 1.78 bits per heavy atom. The number of amides is 1. The Hall–Kier alpha value is -3.73. The molecule has 1 saturated carbocycles. The Kier molecular flexibility index (Phi) is 11.7. The summed E-state index contributed by atoms with van der Waals surface area (Å²) in [6.45, 7) is -1.93. The highest BCUT2D eigenvalue weighted by Gasteiger charge is 2.33. The van der Waals surface area contributed by atoms with Gasteiger partial charge in [-0.2, -0.15) is 22.0 Å². The topological polar surface area (TPSA) is 134 Å². The lowest BCUT2D eigenvalue weighted by molar-refractivity contribution is -0.127. The van der Waals surface area contributed by atoms with Crippen molar-refractivity contribution in [1.29, 1.82) is 0 Å². The van der Waals surface area contributed by atoms with Crippen molar-refractivity contribution in [1.82, 2.24) is 9.62 Å². The highest BCUT2D eigenvalue weighted by molar-refractivity contribution is 7.91. The monoisotopic (exact) mass is 780 g/mol. The molecule has 0 bridgehead atoms. The molecule has 278 valence electrons. The van der Waals surface area contributed by atoms with Crippen LogP contribution in [-0.2, 0) is 31.1 Å². The number of benzene rings is 2. The number of carbonyl (C=O) groups excluding carboxylic acids is 1. The van der Waals surface area contributed by atoms with Crippen molar-refractivity contribution in [3.63, 3.8) is 0 Å². The summed E-state index contributed by atoms with van der Waals surface area (Å²) in [5.74, 6) is 2.43. The number of nitrogens with zero attached hydrogens (tertiary/aromatic N) is 1. The van der Waals surface area contributed by atoms with Crippen molar-refractivity contribution in [2.45, 2.75) is 68.8 Å². The Morgan fingerprint density at radius 3 is 2.41 bits per heavy atom. The van der Waals surface area contributed by atoms with Gasteiger partial charge in [-0.05, 0) is 42.7 Å². The van der Waals surface area contributed by atoms with Crippen LogP contribution >= 0.6 is 11.3 Å². The second-order valence-corrected chi connectivity index (χ2v) is 17.2. The summed E-state index contributed by atoms with van der Waals surface area (Å²) < 4.78 is 137. The molecular weight excluding hydrogens is 747 g/mol. The number of sulfone groups is 1. The molecule has 2 aliphatic rings.